The van der Waals surface area contributed by atoms with Crippen LogP contribution in [0, 0.1) is 5.41 Å². The van der Waals surface area contributed by atoms with Crippen LogP contribution in [0.4, 0.5) is 0 Å². The van der Waals surface area contributed by atoms with Crippen LogP contribution in [0.25, 0.3) is 11.2 Å². The fourth-order valence-corrected chi connectivity index (χ4v) is 3.72. The zero-order valence-electron chi connectivity index (χ0n) is 12.4. The molecule has 3 rings (SSSR count). The molecule has 0 saturated heterocycles. The average molecular weight is 373 g/mol. The van der Waals surface area contributed by atoms with Crippen LogP contribution < -0.4 is 0 Å². The van der Waals surface area contributed by atoms with Gasteiger partial charge in [-0.3, -0.25) is 0 Å². The van der Waals surface area contributed by atoms with Crippen molar-refractivity contribution in [2.45, 2.75) is 45.2 Å². The molecule has 114 valence electrons. The molecular formula is C15H19BrClN3O. The molecule has 21 heavy (non-hydrogen) atoms. The second-order valence-corrected chi connectivity index (χ2v) is 7.23. The van der Waals surface area contributed by atoms with Crippen molar-refractivity contribution < 1.29 is 4.74 Å². The van der Waals surface area contributed by atoms with Crippen molar-refractivity contribution in [2.24, 2.45) is 5.41 Å². The van der Waals surface area contributed by atoms with Gasteiger partial charge in [-0.1, -0.05) is 13.8 Å². The minimum absolute atomic E-state index is 0.0548. The summed E-state index contributed by atoms with van der Waals surface area (Å²) >= 11 is 9.55. The maximum Gasteiger partial charge on any atom is 0.160 e. The summed E-state index contributed by atoms with van der Waals surface area (Å²) in [5, 5.41) is 0. The van der Waals surface area contributed by atoms with Gasteiger partial charge < -0.3 is 9.30 Å². The second kappa shape index (κ2) is 5.52. The number of aromatic nitrogens is 3. The van der Waals surface area contributed by atoms with Crippen molar-refractivity contribution in [2.75, 3.05) is 6.61 Å². The first-order valence-electron chi connectivity index (χ1n) is 7.19. The Morgan fingerprint density at radius 3 is 2.90 bits per heavy atom. The summed E-state index contributed by atoms with van der Waals surface area (Å²) in [6, 6.07) is 2.31. The number of imidazole rings is 1. The van der Waals surface area contributed by atoms with Crippen LogP contribution in [0.5, 0.6) is 0 Å². The number of ether oxygens (including phenoxy) is 1. The van der Waals surface area contributed by atoms with E-state index in [2.05, 4.69) is 44.3 Å². The highest BCUT2D eigenvalue weighted by atomic mass is 79.9. The number of nitrogens with zero attached hydrogens (tertiary/aromatic N) is 3. The first kappa shape index (κ1) is 15.3. The summed E-state index contributed by atoms with van der Waals surface area (Å²) in [6.45, 7) is 7.27. The first-order chi connectivity index (χ1) is 9.98. The maximum atomic E-state index is 6.11. The third-order valence-corrected chi connectivity index (χ3v) is 5.17. The molecule has 1 aliphatic rings. The summed E-state index contributed by atoms with van der Waals surface area (Å²) in [4.78, 5) is 9.17. The number of rotatable bonds is 4. The van der Waals surface area contributed by atoms with Gasteiger partial charge in [0.15, 0.2) is 5.65 Å². The van der Waals surface area contributed by atoms with Gasteiger partial charge in [0, 0.05) is 28.7 Å². The van der Waals surface area contributed by atoms with Gasteiger partial charge in [-0.25, -0.2) is 9.97 Å². The van der Waals surface area contributed by atoms with Gasteiger partial charge in [-0.15, -0.1) is 11.6 Å². The molecule has 0 aliphatic heterocycles. The minimum atomic E-state index is 0.0548. The first-order valence-corrected chi connectivity index (χ1v) is 8.51. The number of alkyl halides is 1. The van der Waals surface area contributed by atoms with Gasteiger partial charge in [-0.2, -0.15) is 0 Å². The Bertz CT molecular complexity index is 670. The van der Waals surface area contributed by atoms with E-state index in [4.69, 9.17) is 16.3 Å². The van der Waals surface area contributed by atoms with Gasteiger partial charge in [0.2, 0.25) is 0 Å². The van der Waals surface area contributed by atoms with Gasteiger partial charge in [0.05, 0.1) is 12.0 Å². The van der Waals surface area contributed by atoms with E-state index in [1.54, 1.807) is 0 Å². The van der Waals surface area contributed by atoms with Crippen LogP contribution in [0.15, 0.2) is 16.7 Å². The molecule has 0 aromatic carbocycles. The molecule has 0 amide bonds. The summed E-state index contributed by atoms with van der Waals surface area (Å²) in [5.74, 6) is 1.27. The molecule has 4 nitrogen and oxygen atoms in total. The lowest BCUT2D eigenvalue weighted by molar-refractivity contribution is -0.127. The summed E-state index contributed by atoms with van der Waals surface area (Å²) in [7, 11) is 0. The van der Waals surface area contributed by atoms with Crippen LogP contribution in [-0.2, 0) is 10.6 Å². The molecular weight excluding hydrogens is 354 g/mol. The lowest BCUT2D eigenvalue weighted by atomic mass is 9.64. The lowest BCUT2D eigenvalue weighted by Crippen LogP contribution is -2.51. The standard InChI is InChI=1S/C15H19BrClN3O/c1-4-21-12-6-11(15(12,2)3)20-13(7-17)19-10-5-9(16)8-18-14(10)20/h5,8,11-12H,4,6-7H2,1-3H3. The Morgan fingerprint density at radius 1 is 1.52 bits per heavy atom. The fourth-order valence-electron chi connectivity index (χ4n) is 3.21. The van der Waals surface area contributed by atoms with E-state index in [0.717, 1.165) is 34.5 Å². The van der Waals surface area contributed by atoms with E-state index in [9.17, 15) is 0 Å². The van der Waals surface area contributed by atoms with Gasteiger partial charge in [0.1, 0.15) is 11.3 Å². The predicted molar refractivity (Wildman–Crippen MR) is 87.6 cm³/mol. The van der Waals surface area contributed by atoms with Crippen molar-refractivity contribution in [3.8, 4) is 0 Å². The van der Waals surface area contributed by atoms with Crippen molar-refractivity contribution in [1.29, 1.82) is 0 Å². The van der Waals surface area contributed by atoms with E-state index in [0.29, 0.717) is 11.9 Å². The molecule has 2 atom stereocenters. The molecule has 2 aromatic heterocycles. The summed E-state index contributed by atoms with van der Waals surface area (Å²) < 4.78 is 8.96. The molecule has 1 fully saturated rings. The van der Waals surface area contributed by atoms with Crippen molar-refractivity contribution >= 4 is 38.7 Å². The van der Waals surface area contributed by atoms with Crippen LogP contribution in [-0.4, -0.2) is 27.2 Å². The number of halogens is 2. The zero-order chi connectivity index (χ0) is 15.2. The van der Waals surface area contributed by atoms with Crippen LogP contribution in [0.2, 0.25) is 0 Å². The van der Waals surface area contributed by atoms with E-state index in [-0.39, 0.29) is 11.5 Å². The molecule has 0 N–H and O–H groups in total. The molecule has 0 radical (unpaired) electrons. The lowest BCUT2D eigenvalue weighted by Gasteiger charge is -2.52. The SMILES string of the molecule is CCOC1CC(n2c(CCl)nc3cc(Br)cnc32)C1(C)C. The highest BCUT2D eigenvalue weighted by Crippen LogP contribution is 2.52. The normalized spacial score (nSPS) is 24.2. The van der Waals surface area contributed by atoms with E-state index >= 15 is 0 Å². The highest BCUT2D eigenvalue weighted by molar-refractivity contribution is 9.10. The molecule has 1 saturated carbocycles. The van der Waals surface area contributed by atoms with Gasteiger partial charge in [-0.05, 0) is 35.3 Å². The fraction of sp³-hybridized carbons (Fsp3) is 0.600. The van der Waals surface area contributed by atoms with Crippen molar-refractivity contribution in [3.05, 3.63) is 22.6 Å². The third kappa shape index (κ3) is 2.39. The average Bonchev–Trinajstić information content (AvgIpc) is 2.80. The smallest absolute Gasteiger partial charge is 0.160 e. The Hall–Kier alpha value is -0.650. The largest absolute Gasteiger partial charge is 0.378 e. The molecule has 2 heterocycles. The monoisotopic (exact) mass is 371 g/mol. The van der Waals surface area contributed by atoms with Crippen molar-refractivity contribution in [1.82, 2.24) is 14.5 Å². The van der Waals surface area contributed by atoms with E-state index < -0.39 is 0 Å². The molecule has 0 bridgehead atoms. The number of hydrogen-bond donors (Lipinski definition) is 0. The van der Waals surface area contributed by atoms with Crippen LogP contribution >= 0.6 is 27.5 Å². The van der Waals surface area contributed by atoms with E-state index in [1.807, 2.05) is 19.2 Å². The summed E-state index contributed by atoms with van der Waals surface area (Å²) in [5.41, 5.74) is 1.84. The second-order valence-electron chi connectivity index (χ2n) is 6.04. The van der Waals surface area contributed by atoms with Gasteiger partial charge >= 0.3 is 0 Å². The number of hydrogen-bond acceptors (Lipinski definition) is 3. The Labute approximate surface area is 138 Å². The zero-order valence-corrected chi connectivity index (χ0v) is 14.8. The van der Waals surface area contributed by atoms with Gasteiger partial charge in [0.25, 0.3) is 0 Å². The van der Waals surface area contributed by atoms with E-state index in [1.165, 1.54) is 0 Å². The summed E-state index contributed by atoms with van der Waals surface area (Å²) in [6.07, 6.45) is 3.07. The topological polar surface area (TPSA) is 39.9 Å². The molecule has 2 aromatic rings. The predicted octanol–water partition coefficient (Wildman–Crippen LogP) is 4.31. The molecule has 6 heteroatoms. The van der Waals surface area contributed by atoms with Crippen LogP contribution in [0.1, 0.15) is 39.1 Å². The maximum absolute atomic E-state index is 6.11. The third-order valence-electron chi connectivity index (χ3n) is 4.49. The minimum Gasteiger partial charge on any atom is -0.378 e. The highest BCUT2D eigenvalue weighted by Gasteiger charge is 2.51. The number of pyridine rings is 1. The van der Waals surface area contributed by atoms with Crippen LogP contribution in [0.3, 0.4) is 0 Å². The number of fused-ring (bicyclic) bond motifs is 1. The Balaban J connectivity index is 2.05. The van der Waals surface area contributed by atoms with Crippen molar-refractivity contribution in [3.63, 3.8) is 0 Å². The molecule has 2 unspecified atom stereocenters. The molecule has 1 aliphatic carbocycles. The Morgan fingerprint density at radius 2 is 2.29 bits per heavy atom. The molecule has 0 spiro atoms. The quantitative estimate of drug-likeness (QED) is 0.751. The Kier molecular flexibility index (Phi) is 4.01.